The van der Waals surface area contributed by atoms with Crippen LogP contribution in [-0.2, 0) is 11.3 Å². The van der Waals surface area contributed by atoms with Crippen molar-refractivity contribution in [2.24, 2.45) is 5.73 Å². The molecule has 2 unspecified atom stereocenters. The second kappa shape index (κ2) is 4.90. The van der Waals surface area contributed by atoms with E-state index in [9.17, 15) is 0 Å². The van der Waals surface area contributed by atoms with Crippen LogP contribution in [0.15, 0.2) is 12.4 Å². The molecule has 0 saturated carbocycles. The van der Waals surface area contributed by atoms with Crippen LogP contribution in [0.4, 0.5) is 5.69 Å². The minimum atomic E-state index is 0.391. The molecule has 100 valence electrons. The number of nitrogens with zero attached hydrogens (tertiary/aromatic N) is 3. The maximum atomic E-state index is 6.10. The van der Waals surface area contributed by atoms with Crippen molar-refractivity contribution in [2.75, 3.05) is 18.6 Å². The first-order chi connectivity index (χ1) is 8.78. The van der Waals surface area contributed by atoms with Crippen molar-refractivity contribution in [3.63, 3.8) is 0 Å². The fourth-order valence-corrected chi connectivity index (χ4v) is 3.43. The third-order valence-electron chi connectivity index (χ3n) is 4.21. The third-order valence-corrected chi connectivity index (χ3v) is 4.21. The first kappa shape index (κ1) is 12.0. The topological polar surface area (TPSA) is 56.3 Å². The zero-order valence-electron chi connectivity index (χ0n) is 11.0. The predicted octanol–water partition coefficient (Wildman–Crippen LogP) is 0.988. The van der Waals surface area contributed by atoms with Crippen molar-refractivity contribution in [3.8, 4) is 0 Å². The van der Waals surface area contributed by atoms with Gasteiger partial charge in [-0.15, -0.1) is 0 Å². The molecule has 0 aromatic carbocycles. The number of rotatable bonds is 4. The van der Waals surface area contributed by atoms with E-state index in [-0.39, 0.29) is 0 Å². The molecule has 2 saturated heterocycles. The smallest absolute Gasteiger partial charge is 0.0757 e. The van der Waals surface area contributed by atoms with E-state index in [1.54, 1.807) is 7.11 Å². The van der Waals surface area contributed by atoms with Gasteiger partial charge in [-0.25, -0.2) is 0 Å². The molecule has 2 aliphatic heterocycles. The Bertz CT molecular complexity index is 391. The number of nitrogens with two attached hydrogens (primary N) is 1. The Hall–Kier alpha value is -1.07. The lowest BCUT2D eigenvalue weighted by Gasteiger charge is -2.38. The van der Waals surface area contributed by atoms with E-state index < -0.39 is 0 Å². The molecule has 0 radical (unpaired) electrons. The van der Waals surface area contributed by atoms with Crippen molar-refractivity contribution in [2.45, 2.75) is 50.4 Å². The summed E-state index contributed by atoms with van der Waals surface area (Å²) in [7, 11) is 1.72. The van der Waals surface area contributed by atoms with Crippen molar-refractivity contribution < 1.29 is 4.74 Å². The predicted molar refractivity (Wildman–Crippen MR) is 70.6 cm³/mol. The van der Waals surface area contributed by atoms with E-state index in [0.29, 0.717) is 24.7 Å². The van der Waals surface area contributed by atoms with Crippen LogP contribution >= 0.6 is 0 Å². The van der Waals surface area contributed by atoms with Crippen LogP contribution in [-0.4, -0.2) is 41.6 Å². The normalized spacial score (nSPS) is 31.0. The van der Waals surface area contributed by atoms with Crippen LogP contribution in [0.3, 0.4) is 0 Å². The Balaban J connectivity index is 1.73. The number of anilines is 1. The van der Waals surface area contributed by atoms with Crippen molar-refractivity contribution >= 4 is 5.69 Å². The van der Waals surface area contributed by atoms with Crippen LogP contribution in [0, 0.1) is 0 Å². The van der Waals surface area contributed by atoms with Crippen molar-refractivity contribution in [3.05, 3.63) is 12.4 Å². The Morgan fingerprint density at radius 1 is 1.39 bits per heavy atom. The highest BCUT2D eigenvalue weighted by Crippen LogP contribution is 2.38. The van der Waals surface area contributed by atoms with Gasteiger partial charge in [0.2, 0.25) is 0 Å². The average molecular weight is 250 g/mol. The molecule has 3 heterocycles. The maximum Gasteiger partial charge on any atom is 0.0757 e. The molecule has 3 rings (SSSR count). The van der Waals surface area contributed by atoms with Gasteiger partial charge in [0, 0.05) is 31.4 Å². The van der Waals surface area contributed by atoms with Crippen LogP contribution in [0.25, 0.3) is 0 Å². The lowest BCUT2D eigenvalue weighted by atomic mass is 9.98. The highest BCUT2D eigenvalue weighted by atomic mass is 16.5. The van der Waals surface area contributed by atoms with Crippen molar-refractivity contribution in [1.29, 1.82) is 0 Å². The first-order valence-corrected chi connectivity index (χ1v) is 6.83. The molecule has 2 N–H and O–H groups in total. The molecule has 2 bridgehead atoms. The molecule has 5 heteroatoms. The average Bonchev–Trinajstić information content (AvgIpc) is 2.90. The summed E-state index contributed by atoms with van der Waals surface area (Å²) < 4.78 is 7.04. The van der Waals surface area contributed by atoms with Crippen LogP contribution in [0.1, 0.15) is 25.7 Å². The molecule has 2 fully saturated rings. The Labute approximate surface area is 108 Å². The van der Waals surface area contributed by atoms with E-state index >= 15 is 0 Å². The molecular weight excluding hydrogens is 228 g/mol. The SMILES string of the molecule is COCCn1cc(N2C3CCC2CC(N)C3)cn1. The Morgan fingerprint density at radius 3 is 2.78 bits per heavy atom. The monoisotopic (exact) mass is 250 g/mol. The lowest BCUT2D eigenvalue weighted by Crippen LogP contribution is -2.47. The zero-order valence-corrected chi connectivity index (χ0v) is 11.0. The van der Waals surface area contributed by atoms with E-state index in [2.05, 4.69) is 16.2 Å². The molecule has 18 heavy (non-hydrogen) atoms. The van der Waals surface area contributed by atoms with Gasteiger partial charge in [0.15, 0.2) is 0 Å². The second-order valence-corrected chi connectivity index (χ2v) is 5.48. The summed E-state index contributed by atoms with van der Waals surface area (Å²) in [6.45, 7) is 1.53. The van der Waals surface area contributed by atoms with Crippen LogP contribution in [0.2, 0.25) is 0 Å². The van der Waals surface area contributed by atoms with Gasteiger partial charge in [0.1, 0.15) is 0 Å². The summed E-state index contributed by atoms with van der Waals surface area (Å²) in [6.07, 6.45) is 8.93. The standard InChI is InChI=1S/C13H22N4O/c1-18-5-4-16-9-13(8-15-16)17-11-2-3-12(17)7-10(14)6-11/h8-12H,2-7,14H2,1H3. The van der Waals surface area contributed by atoms with E-state index in [1.807, 2.05) is 10.9 Å². The maximum absolute atomic E-state index is 6.10. The second-order valence-electron chi connectivity index (χ2n) is 5.48. The summed E-state index contributed by atoms with van der Waals surface area (Å²) in [5, 5.41) is 4.41. The minimum absolute atomic E-state index is 0.391. The van der Waals surface area contributed by atoms with Crippen LogP contribution in [0.5, 0.6) is 0 Å². The number of methoxy groups -OCH3 is 1. The summed E-state index contributed by atoms with van der Waals surface area (Å²) in [4.78, 5) is 2.54. The number of hydrogen-bond acceptors (Lipinski definition) is 4. The van der Waals surface area contributed by atoms with Crippen LogP contribution < -0.4 is 10.6 Å². The van der Waals surface area contributed by atoms with E-state index in [1.165, 1.54) is 18.5 Å². The fraction of sp³-hybridized carbons (Fsp3) is 0.769. The molecule has 2 atom stereocenters. The van der Waals surface area contributed by atoms with Gasteiger partial charge in [-0.2, -0.15) is 5.10 Å². The van der Waals surface area contributed by atoms with E-state index in [0.717, 1.165) is 19.4 Å². The Morgan fingerprint density at radius 2 is 2.11 bits per heavy atom. The van der Waals surface area contributed by atoms with Gasteiger partial charge in [-0.05, 0) is 25.7 Å². The number of ether oxygens (including phenoxy) is 1. The van der Waals surface area contributed by atoms with Gasteiger partial charge in [0.05, 0.1) is 25.0 Å². The Kier molecular flexibility index (Phi) is 3.26. The van der Waals surface area contributed by atoms with Gasteiger partial charge < -0.3 is 15.4 Å². The number of hydrogen-bond donors (Lipinski definition) is 1. The number of fused-ring (bicyclic) bond motifs is 2. The third kappa shape index (κ3) is 2.12. The fourth-order valence-electron chi connectivity index (χ4n) is 3.43. The van der Waals surface area contributed by atoms with Gasteiger partial charge in [0.25, 0.3) is 0 Å². The minimum Gasteiger partial charge on any atom is -0.383 e. The van der Waals surface area contributed by atoms with Gasteiger partial charge in [-0.1, -0.05) is 0 Å². The number of aromatic nitrogens is 2. The largest absolute Gasteiger partial charge is 0.383 e. The molecule has 1 aromatic heterocycles. The quantitative estimate of drug-likeness (QED) is 0.865. The first-order valence-electron chi connectivity index (χ1n) is 6.83. The molecule has 0 amide bonds. The molecule has 0 aliphatic carbocycles. The molecule has 2 aliphatic rings. The summed E-state index contributed by atoms with van der Waals surface area (Å²) in [5.41, 5.74) is 7.36. The molecule has 0 spiro atoms. The summed E-state index contributed by atoms with van der Waals surface area (Å²) >= 11 is 0. The van der Waals surface area contributed by atoms with E-state index in [4.69, 9.17) is 10.5 Å². The highest BCUT2D eigenvalue weighted by Gasteiger charge is 2.39. The molecular formula is C13H22N4O. The summed E-state index contributed by atoms with van der Waals surface area (Å²) in [6, 6.07) is 1.64. The molecule has 5 nitrogen and oxygen atoms in total. The lowest BCUT2D eigenvalue weighted by molar-refractivity contribution is 0.183. The van der Waals surface area contributed by atoms with Gasteiger partial charge in [-0.3, -0.25) is 4.68 Å². The molecule has 1 aromatic rings. The number of piperidine rings is 1. The van der Waals surface area contributed by atoms with Crippen molar-refractivity contribution in [1.82, 2.24) is 9.78 Å². The zero-order chi connectivity index (χ0) is 12.5. The van der Waals surface area contributed by atoms with Gasteiger partial charge >= 0.3 is 0 Å². The summed E-state index contributed by atoms with van der Waals surface area (Å²) in [5.74, 6) is 0. The highest BCUT2D eigenvalue weighted by molar-refractivity contribution is 5.47.